The number of ether oxygens (including phenoxy) is 2. The van der Waals surface area contributed by atoms with Gasteiger partial charge in [0.15, 0.2) is 5.79 Å². The first-order valence-electron chi connectivity index (χ1n) is 6.00. The molecule has 0 amide bonds. The molecule has 2 heteroatoms. The summed E-state index contributed by atoms with van der Waals surface area (Å²) in [5.74, 6) is 0.264. The van der Waals surface area contributed by atoms with E-state index in [4.69, 9.17) is 9.47 Å². The average Bonchev–Trinajstić information content (AvgIpc) is 2.20. The van der Waals surface area contributed by atoms with E-state index in [1.807, 2.05) is 13.8 Å². The van der Waals surface area contributed by atoms with Gasteiger partial charge in [-0.05, 0) is 33.6 Å². The number of hydrogen-bond acceptors (Lipinski definition) is 2. The predicted molar refractivity (Wildman–Crippen MR) is 58.2 cm³/mol. The Hall–Kier alpha value is -0.0800. The van der Waals surface area contributed by atoms with E-state index in [2.05, 4.69) is 6.92 Å². The molecule has 0 bridgehead atoms. The van der Waals surface area contributed by atoms with E-state index < -0.39 is 0 Å². The Labute approximate surface area is 88.0 Å². The lowest BCUT2D eigenvalue weighted by molar-refractivity contribution is -0.256. The van der Waals surface area contributed by atoms with Crippen LogP contribution in [0.2, 0.25) is 0 Å². The Balaban J connectivity index is 2.54. The van der Waals surface area contributed by atoms with Crippen LogP contribution in [-0.2, 0) is 9.47 Å². The molecule has 14 heavy (non-hydrogen) atoms. The van der Waals surface area contributed by atoms with Gasteiger partial charge in [0.05, 0.1) is 0 Å². The van der Waals surface area contributed by atoms with Crippen LogP contribution in [0.25, 0.3) is 0 Å². The van der Waals surface area contributed by atoms with Crippen LogP contribution in [-0.4, -0.2) is 19.0 Å². The van der Waals surface area contributed by atoms with Crippen LogP contribution in [0.5, 0.6) is 0 Å². The quantitative estimate of drug-likeness (QED) is 0.634. The fourth-order valence-electron chi connectivity index (χ4n) is 2.48. The minimum atomic E-state index is -0.329. The largest absolute Gasteiger partial charge is 0.350 e. The molecular weight excluding hydrogens is 176 g/mol. The summed E-state index contributed by atoms with van der Waals surface area (Å²) in [5, 5.41) is 0. The van der Waals surface area contributed by atoms with Crippen molar-refractivity contribution in [2.75, 3.05) is 13.2 Å². The van der Waals surface area contributed by atoms with E-state index in [9.17, 15) is 0 Å². The van der Waals surface area contributed by atoms with Gasteiger partial charge in [-0.15, -0.1) is 0 Å². The van der Waals surface area contributed by atoms with Crippen molar-refractivity contribution in [1.82, 2.24) is 0 Å². The van der Waals surface area contributed by atoms with E-state index in [0.29, 0.717) is 5.92 Å². The van der Waals surface area contributed by atoms with Gasteiger partial charge >= 0.3 is 0 Å². The van der Waals surface area contributed by atoms with Gasteiger partial charge in [0.1, 0.15) is 0 Å². The zero-order chi connectivity index (χ0) is 10.4. The molecule has 0 aliphatic heterocycles. The molecule has 2 nitrogen and oxygen atoms in total. The summed E-state index contributed by atoms with van der Waals surface area (Å²) in [6.07, 6.45) is 6.57. The highest BCUT2D eigenvalue weighted by molar-refractivity contribution is 4.78. The lowest BCUT2D eigenvalue weighted by Crippen LogP contribution is -2.41. The van der Waals surface area contributed by atoms with Crippen molar-refractivity contribution in [2.45, 2.75) is 58.7 Å². The van der Waals surface area contributed by atoms with Crippen LogP contribution < -0.4 is 0 Å². The van der Waals surface area contributed by atoms with Gasteiger partial charge in [0.2, 0.25) is 0 Å². The van der Waals surface area contributed by atoms with E-state index in [0.717, 1.165) is 13.2 Å². The molecule has 0 atom stereocenters. The minimum Gasteiger partial charge on any atom is -0.350 e. The summed E-state index contributed by atoms with van der Waals surface area (Å²) in [6.45, 7) is 7.68. The first-order chi connectivity index (χ1) is 6.73. The maximum atomic E-state index is 5.79. The SMILES string of the molecule is CCOC(C)(OCC)C1CCCCC1. The second-order valence-corrected chi connectivity index (χ2v) is 4.22. The zero-order valence-corrected chi connectivity index (χ0v) is 9.84. The molecule has 1 rings (SSSR count). The van der Waals surface area contributed by atoms with Crippen LogP contribution >= 0.6 is 0 Å². The molecule has 0 spiro atoms. The topological polar surface area (TPSA) is 18.5 Å². The van der Waals surface area contributed by atoms with Gasteiger partial charge < -0.3 is 9.47 Å². The zero-order valence-electron chi connectivity index (χ0n) is 9.84. The highest BCUT2D eigenvalue weighted by atomic mass is 16.7. The van der Waals surface area contributed by atoms with Crippen molar-refractivity contribution in [3.8, 4) is 0 Å². The maximum Gasteiger partial charge on any atom is 0.168 e. The molecule has 1 saturated carbocycles. The van der Waals surface area contributed by atoms with Gasteiger partial charge in [-0.25, -0.2) is 0 Å². The molecule has 1 aliphatic carbocycles. The Morgan fingerprint density at radius 2 is 1.50 bits per heavy atom. The van der Waals surface area contributed by atoms with Crippen molar-refractivity contribution < 1.29 is 9.47 Å². The standard InChI is InChI=1S/C12H24O2/c1-4-13-12(3,14-5-2)11-9-7-6-8-10-11/h11H,4-10H2,1-3H3. The van der Waals surface area contributed by atoms with E-state index in [1.54, 1.807) is 0 Å². The summed E-state index contributed by atoms with van der Waals surface area (Å²) < 4.78 is 11.6. The fourth-order valence-corrected chi connectivity index (χ4v) is 2.48. The van der Waals surface area contributed by atoms with Crippen molar-refractivity contribution >= 4 is 0 Å². The van der Waals surface area contributed by atoms with Crippen LogP contribution in [0.3, 0.4) is 0 Å². The third-order valence-corrected chi connectivity index (χ3v) is 3.21. The second kappa shape index (κ2) is 5.72. The highest BCUT2D eigenvalue weighted by Crippen LogP contribution is 2.35. The van der Waals surface area contributed by atoms with Gasteiger partial charge in [-0.3, -0.25) is 0 Å². The monoisotopic (exact) mass is 200 g/mol. The molecule has 1 aliphatic rings. The molecule has 0 radical (unpaired) electrons. The molecule has 84 valence electrons. The summed E-state index contributed by atoms with van der Waals surface area (Å²) >= 11 is 0. The second-order valence-electron chi connectivity index (χ2n) is 4.22. The Morgan fingerprint density at radius 3 is 1.93 bits per heavy atom. The molecule has 0 unspecified atom stereocenters. The molecular formula is C12H24O2. The van der Waals surface area contributed by atoms with Crippen LogP contribution in [0.4, 0.5) is 0 Å². The molecule has 0 N–H and O–H groups in total. The Bertz CT molecular complexity index is 144. The average molecular weight is 200 g/mol. The van der Waals surface area contributed by atoms with Gasteiger partial charge in [0, 0.05) is 19.1 Å². The predicted octanol–water partition coefficient (Wildman–Crippen LogP) is 3.36. The summed E-state index contributed by atoms with van der Waals surface area (Å²) in [7, 11) is 0. The molecule has 0 aromatic rings. The first-order valence-corrected chi connectivity index (χ1v) is 6.00. The molecule has 0 heterocycles. The van der Waals surface area contributed by atoms with Crippen LogP contribution in [0.1, 0.15) is 52.9 Å². The summed E-state index contributed by atoms with van der Waals surface area (Å²) in [5.41, 5.74) is 0. The lowest BCUT2D eigenvalue weighted by Gasteiger charge is -2.39. The van der Waals surface area contributed by atoms with Crippen molar-refractivity contribution in [2.24, 2.45) is 5.92 Å². The van der Waals surface area contributed by atoms with E-state index in [-0.39, 0.29) is 5.79 Å². The molecule has 0 aromatic carbocycles. The van der Waals surface area contributed by atoms with E-state index >= 15 is 0 Å². The normalized spacial score (nSPS) is 19.9. The first kappa shape index (κ1) is 12.0. The summed E-state index contributed by atoms with van der Waals surface area (Å²) in [4.78, 5) is 0. The summed E-state index contributed by atoms with van der Waals surface area (Å²) in [6, 6.07) is 0. The van der Waals surface area contributed by atoms with Gasteiger partial charge in [0.25, 0.3) is 0 Å². The highest BCUT2D eigenvalue weighted by Gasteiger charge is 2.36. The molecule has 0 saturated heterocycles. The lowest BCUT2D eigenvalue weighted by atomic mass is 9.83. The Kier molecular flexibility index (Phi) is 4.90. The van der Waals surface area contributed by atoms with Crippen molar-refractivity contribution in [1.29, 1.82) is 0 Å². The van der Waals surface area contributed by atoms with Gasteiger partial charge in [-0.1, -0.05) is 19.3 Å². The van der Waals surface area contributed by atoms with Gasteiger partial charge in [-0.2, -0.15) is 0 Å². The van der Waals surface area contributed by atoms with Crippen molar-refractivity contribution in [3.63, 3.8) is 0 Å². The molecule has 1 fully saturated rings. The number of rotatable bonds is 5. The minimum absolute atomic E-state index is 0.329. The third kappa shape index (κ3) is 2.96. The van der Waals surface area contributed by atoms with Crippen LogP contribution in [0.15, 0.2) is 0 Å². The van der Waals surface area contributed by atoms with Crippen LogP contribution in [0, 0.1) is 5.92 Å². The number of hydrogen-bond donors (Lipinski definition) is 0. The Morgan fingerprint density at radius 1 is 1.00 bits per heavy atom. The van der Waals surface area contributed by atoms with Crippen molar-refractivity contribution in [3.05, 3.63) is 0 Å². The van der Waals surface area contributed by atoms with E-state index in [1.165, 1.54) is 32.1 Å². The molecule has 0 aromatic heterocycles. The maximum absolute atomic E-state index is 5.79. The fraction of sp³-hybridized carbons (Fsp3) is 1.00. The third-order valence-electron chi connectivity index (χ3n) is 3.21. The smallest absolute Gasteiger partial charge is 0.168 e.